The molecule has 102 valence electrons. The van der Waals surface area contributed by atoms with Gasteiger partial charge in [-0.3, -0.25) is 0 Å². The number of hydrogen-bond donors (Lipinski definition) is 1. The average molecular weight is 270 g/mol. The predicted molar refractivity (Wildman–Crippen MR) is 78.4 cm³/mol. The molecule has 0 saturated heterocycles. The minimum Gasteiger partial charge on any atom is -0.493 e. The van der Waals surface area contributed by atoms with Gasteiger partial charge in [-0.15, -0.1) is 0 Å². The highest BCUT2D eigenvalue weighted by Gasteiger charge is 2.12. The fraction of sp³-hybridized carbons (Fsp3) is 0.600. The number of benzene rings is 1. The van der Waals surface area contributed by atoms with E-state index in [2.05, 4.69) is 33.0 Å². The quantitative estimate of drug-likeness (QED) is 0.833. The molecule has 2 nitrogen and oxygen atoms in total. The van der Waals surface area contributed by atoms with E-state index in [4.69, 9.17) is 16.3 Å². The number of nitrogens with one attached hydrogen (secondary N) is 1. The van der Waals surface area contributed by atoms with Crippen LogP contribution in [0.2, 0.25) is 5.02 Å². The molecule has 0 spiro atoms. The van der Waals surface area contributed by atoms with E-state index >= 15 is 0 Å². The van der Waals surface area contributed by atoms with E-state index in [1.165, 1.54) is 0 Å². The molecule has 0 heterocycles. The van der Waals surface area contributed by atoms with E-state index in [0.29, 0.717) is 5.41 Å². The van der Waals surface area contributed by atoms with Gasteiger partial charge in [-0.05, 0) is 30.5 Å². The van der Waals surface area contributed by atoms with E-state index in [-0.39, 0.29) is 0 Å². The molecule has 0 fully saturated rings. The summed E-state index contributed by atoms with van der Waals surface area (Å²) in [4.78, 5) is 0. The first-order valence-electron chi connectivity index (χ1n) is 6.55. The standard InChI is InChI=1S/C15H24ClNO/c1-5-17-11-12-13(16)7-6-8-14(12)18-10-9-15(2,3)4/h6-8,17H,5,9-11H2,1-4H3. The van der Waals surface area contributed by atoms with Crippen molar-refractivity contribution in [2.24, 2.45) is 5.41 Å². The summed E-state index contributed by atoms with van der Waals surface area (Å²) in [6, 6.07) is 5.83. The monoisotopic (exact) mass is 269 g/mol. The Morgan fingerprint density at radius 2 is 2.00 bits per heavy atom. The maximum atomic E-state index is 6.21. The fourth-order valence-electron chi connectivity index (χ4n) is 1.56. The number of hydrogen-bond acceptors (Lipinski definition) is 2. The molecule has 0 atom stereocenters. The molecule has 0 radical (unpaired) electrons. The number of halogens is 1. The molecule has 0 aliphatic heterocycles. The van der Waals surface area contributed by atoms with Crippen LogP contribution in [-0.2, 0) is 6.54 Å². The third-order valence-corrected chi connectivity index (χ3v) is 3.09. The molecule has 1 N–H and O–H groups in total. The average Bonchev–Trinajstić information content (AvgIpc) is 2.26. The van der Waals surface area contributed by atoms with Crippen LogP contribution in [0.4, 0.5) is 0 Å². The second kappa shape index (κ2) is 7.01. The van der Waals surface area contributed by atoms with Gasteiger partial charge in [0, 0.05) is 17.1 Å². The molecule has 0 unspecified atom stereocenters. The minimum absolute atomic E-state index is 0.292. The molecular weight excluding hydrogens is 246 g/mol. The summed E-state index contributed by atoms with van der Waals surface area (Å²) in [5.74, 6) is 0.896. The van der Waals surface area contributed by atoms with Gasteiger partial charge >= 0.3 is 0 Å². The lowest BCUT2D eigenvalue weighted by atomic mass is 9.93. The highest BCUT2D eigenvalue weighted by molar-refractivity contribution is 6.31. The van der Waals surface area contributed by atoms with Crippen LogP contribution in [0.15, 0.2) is 18.2 Å². The molecule has 0 aliphatic carbocycles. The van der Waals surface area contributed by atoms with Crippen molar-refractivity contribution in [3.8, 4) is 5.75 Å². The van der Waals surface area contributed by atoms with Crippen LogP contribution >= 0.6 is 11.6 Å². The first-order valence-corrected chi connectivity index (χ1v) is 6.93. The van der Waals surface area contributed by atoms with Crippen molar-refractivity contribution in [3.63, 3.8) is 0 Å². The topological polar surface area (TPSA) is 21.3 Å². The molecular formula is C15H24ClNO. The van der Waals surface area contributed by atoms with Gasteiger partial charge in [0.05, 0.1) is 6.61 Å². The number of rotatable bonds is 6. The molecule has 0 aromatic heterocycles. The molecule has 1 rings (SSSR count). The van der Waals surface area contributed by atoms with Gasteiger partial charge in [-0.1, -0.05) is 45.4 Å². The third-order valence-electron chi connectivity index (χ3n) is 2.74. The van der Waals surface area contributed by atoms with Gasteiger partial charge in [-0.2, -0.15) is 0 Å². The molecule has 1 aromatic rings. The summed E-state index contributed by atoms with van der Waals surface area (Å²) < 4.78 is 5.87. The molecule has 0 aliphatic rings. The Kier molecular flexibility index (Phi) is 5.97. The molecule has 0 amide bonds. The largest absolute Gasteiger partial charge is 0.493 e. The lowest BCUT2D eigenvalue weighted by molar-refractivity contribution is 0.241. The summed E-state index contributed by atoms with van der Waals surface area (Å²) in [5.41, 5.74) is 1.34. The summed E-state index contributed by atoms with van der Waals surface area (Å²) in [5, 5.41) is 4.06. The second-order valence-electron chi connectivity index (χ2n) is 5.66. The number of ether oxygens (including phenoxy) is 1. The molecule has 0 bridgehead atoms. The smallest absolute Gasteiger partial charge is 0.125 e. The molecule has 18 heavy (non-hydrogen) atoms. The maximum absolute atomic E-state index is 6.21. The SMILES string of the molecule is CCNCc1c(Cl)cccc1OCCC(C)(C)C. The minimum atomic E-state index is 0.292. The summed E-state index contributed by atoms with van der Waals surface area (Å²) in [6.45, 7) is 11.1. The van der Waals surface area contributed by atoms with Crippen molar-refractivity contribution >= 4 is 11.6 Å². The van der Waals surface area contributed by atoms with Crippen LogP contribution < -0.4 is 10.1 Å². The van der Waals surface area contributed by atoms with E-state index in [1.807, 2.05) is 18.2 Å². The zero-order chi connectivity index (χ0) is 13.6. The summed E-state index contributed by atoms with van der Waals surface area (Å²) in [7, 11) is 0. The van der Waals surface area contributed by atoms with Gasteiger partial charge in [0.15, 0.2) is 0 Å². The van der Waals surface area contributed by atoms with Crippen molar-refractivity contribution in [2.75, 3.05) is 13.2 Å². The second-order valence-corrected chi connectivity index (χ2v) is 6.06. The molecule has 0 saturated carbocycles. The van der Waals surface area contributed by atoms with Crippen molar-refractivity contribution in [1.29, 1.82) is 0 Å². The zero-order valence-electron chi connectivity index (χ0n) is 11.8. The zero-order valence-corrected chi connectivity index (χ0v) is 12.6. The van der Waals surface area contributed by atoms with Crippen LogP contribution in [0.25, 0.3) is 0 Å². The third kappa shape index (κ3) is 5.28. The van der Waals surface area contributed by atoms with Gasteiger partial charge < -0.3 is 10.1 Å². The highest BCUT2D eigenvalue weighted by atomic mass is 35.5. The normalized spacial score (nSPS) is 11.6. The molecule has 3 heteroatoms. The Morgan fingerprint density at radius 1 is 1.28 bits per heavy atom. The van der Waals surface area contributed by atoms with Crippen molar-refractivity contribution < 1.29 is 4.74 Å². The Labute approximate surface area is 116 Å². The predicted octanol–water partition coefficient (Wildman–Crippen LogP) is 4.26. The van der Waals surface area contributed by atoms with Crippen LogP contribution in [0.1, 0.15) is 39.7 Å². The lowest BCUT2D eigenvalue weighted by Crippen LogP contribution is -2.15. The van der Waals surface area contributed by atoms with Crippen LogP contribution in [-0.4, -0.2) is 13.2 Å². The summed E-state index contributed by atoms with van der Waals surface area (Å²) in [6.07, 6.45) is 1.03. The van der Waals surface area contributed by atoms with Gasteiger partial charge in [0.2, 0.25) is 0 Å². The van der Waals surface area contributed by atoms with Crippen molar-refractivity contribution in [3.05, 3.63) is 28.8 Å². The van der Waals surface area contributed by atoms with Crippen LogP contribution in [0, 0.1) is 5.41 Å². The van der Waals surface area contributed by atoms with Crippen LogP contribution in [0.3, 0.4) is 0 Å². The Morgan fingerprint density at radius 3 is 2.61 bits per heavy atom. The van der Waals surface area contributed by atoms with E-state index in [0.717, 1.165) is 42.5 Å². The first kappa shape index (κ1) is 15.3. The Hall–Kier alpha value is -0.730. The van der Waals surface area contributed by atoms with Crippen molar-refractivity contribution in [1.82, 2.24) is 5.32 Å². The molecule has 1 aromatic carbocycles. The Balaban J connectivity index is 2.66. The van der Waals surface area contributed by atoms with Crippen LogP contribution in [0.5, 0.6) is 5.75 Å². The maximum Gasteiger partial charge on any atom is 0.125 e. The van der Waals surface area contributed by atoms with Gasteiger partial charge in [0.25, 0.3) is 0 Å². The van der Waals surface area contributed by atoms with Gasteiger partial charge in [0.1, 0.15) is 5.75 Å². The first-order chi connectivity index (χ1) is 8.44. The Bertz CT molecular complexity index is 371. The van der Waals surface area contributed by atoms with Crippen molar-refractivity contribution in [2.45, 2.75) is 40.7 Å². The van der Waals surface area contributed by atoms with E-state index in [9.17, 15) is 0 Å². The fourth-order valence-corrected chi connectivity index (χ4v) is 1.80. The van der Waals surface area contributed by atoms with Gasteiger partial charge in [-0.25, -0.2) is 0 Å². The van der Waals surface area contributed by atoms with E-state index in [1.54, 1.807) is 0 Å². The summed E-state index contributed by atoms with van der Waals surface area (Å²) >= 11 is 6.21. The van der Waals surface area contributed by atoms with E-state index < -0.39 is 0 Å². The lowest BCUT2D eigenvalue weighted by Gasteiger charge is -2.19. The highest BCUT2D eigenvalue weighted by Crippen LogP contribution is 2.27.